The van der Waals surface area contributed by atoms with E-state index in [2.05, 4.69) is 67.8 Å². The lowest BCUT2D eigenvalue weighted by Gasteiger charge is -2.25. The summed E-state index contributed by atoms with van der Waals surface area (Å²) < 4.78 is 23.7. The van der Waals surface area contributed by atoms with E-state index >= 15 is 0 Å². The zero-order valence-electron chi connectivity index (χ0n) is 49.6. The molecule has 74 heavy (non-hydrogen) atoms. The van der Waals surface area contributed by atoms with Crippen molar-refractivity contribution in [2.24, 2.45) is 0 Å². The van der Waals surface area contributed by atoms with Gasteiger partial charge in [-0.2, -0.15) is 0 Å². The number of hydrogen-bond acceptors (Lipinski definition) is 5. The van der Waals surface area contributed by atoms with E-state index in [-0.39, 0.29) is 19.1 Å². The van der Waals surface area contributed by atoms with Crippen molar-refractivity contribution >= 4 is 13.7 Å². The topological polar surface area (TPSA) is 105 Å². The van der Waals surface area contributed by atoms with Gasteiger partial charge in [-0.1, -0.05) is 274 Å². The Hall–Kier alpha value is -1.80. The minimum Gasteiger partial charge on any atom is -0.387 e. The lowest BCUT2D eigenvalue weighted by atomic mass is 10.0. The fraction of sp³-hybridized carbons (Fsp3) is 0.831. The number of carbonyl (C=O) groups is 1. The van der Waals surface area contributed by atoms with Gasteiger partial charge in [0.25, 0.3) is 0 Å². The Balaban J connectivity index is 4.21. The van der Waals surface area contributed by atoms with Crippen LogP contribution in [0.3, 0.4) is 0 Å². The SMILES string of the molecule is CCCCCCC/C=C\C/C=C\CCCCCCCCCCCCCCCCCC(=O)NC(COP(=O)(O)OCC[N+](C)(C)C)C(O)/C=C/CC/C=C/CC/C=C/CCCCCCCCCCCCCCCCC. The lowest BCUT2D eigenvalue weighted by molar-refractivity contribution is -0.870. The van der Waals surface area contributed by atoms with Crippen LogP contribution in [-0.4, -0.2) is 73.4 Å². The van der Waals surface area contributed by atoms with Gasteiger partial charge in [-0.3, -0.25) is 13.8 Å². The monoisotopic (exact) mass is 1060 g/mol. The Morgan fingerprint density at radius 3 is 1.16 bits per heavy atom. The van der Waals surface area contributed by atoms with E-state index < -0.39 is 20.0 Å². The minimum absolute atomic E-state index is 0.0527. The number of phosphoric ester groups is 1. The predicted molar refractivity (Wildman–Crippen MR) is 323 cm³/mol. The average molecular weight is 1060 g/mol. The summed E-state index contributed by atoms with van der Waals surface area (Å²) in [6.45, 7) is 4.81. The molecule has 3 atom stereocenters. The molecule has 0 saturated carbocycles. The van der Waals surface area contributed by atoms with Gasteiger partial charge in [0.2, 0.25) is 5.91 Å². The number of carbonyl (C=O) groups excluding carboxylic acids is 1. The highest BCUT2D eigenvalue weighted by atomic mass is 31.2. The Kier molecular flexibility index (Phi) is 54.6. The molecule has 0 aliphatic rings. The van der Waals surface area contributed by atoms with Gasteiger partial charge in [-0.15, -0.1) is 0 Å². The number of unbranched alkanes of at least 4 members (excludes halogenated alkanes) is 37. The summed E-state index contributed by atoms with van der Waals surface area (Å²) in [5.41, 5.74) is 0. The minimum atomic E-state index is -4.36. The molecule has 0 aromatic carbocycles. The Morgan fingerprint density at radius 2 is 0.784 bits per heavy atom. The molecule has 3 unspecified atom stereocenters. The molecule has 0 aromatic heterocycles. The first-order valence-electron chi connectivity index (χ1n) is 31.7. The summed E-state index contributed by atoms with van der Waals surface area (Å²) in [5.74, 6) is -0.189. The van der Waals surface area contributed by atoms with Gasteiger partial charge in [0, 0.05) is 6.42 Å². The van der Waals surface area contributed by atoms with Crippen molar-refractivity contribution in [3.8, 4) is 0 Å². The quantitative estimate of drug-likeness (QED) is 0.0243. The number of aliphatic hydroxyl groups excluding tert-OH is 1. The number of phosphoric acid groups is 1. The number of allylic oxidation sites excluding steroid dienone is 9. The largest absolute Gasteiger partial charge is 0.472 e. The van der Waals surface area contributed by atoms with Gasteiger partial charge >= 0.3 is 7.82 Å². The molecule has 8 nitrogen and oxygen atoms in total. The number of likely N-dealkylation sites (N-methyl/N-ethyl adjacent to an activating group) is 1. The zero-order chi connectivity index (χ0) is 54.2. The molecule has 3 N–H and O–H groups in total. The number of nitrogens with zero attached hydrogens (tertiary/aromatic N) is 1. The van der Waals surface area contributed by atoms with E-state index in [0.29, 0.717) is 17.4 Å². The van der Waals surface area contributed by atoms with Crippen LogP contribution in [0, 0.1) is 0 Å². The highest BCUT2D eigenvalue weighted by Gasteiger charge is 2.27. The van der Waals surface area contributed by atoms with E-state index in [9.17, 15) is 19.4 Å². The number of quaternary nitrogens is 1. The molecule has 0 aliphatic carbocycles. The Morgan fingerprint density at radius 1 is 0.459 bits per heavy atom. The zero-order valence-corrected chi connectivity index (χ0v) is 50.5. The Bertz CT molecular complexity index is 1390. The normalized spacial score (nSPS) is 14.2. The molecule has 0 rings (SSSR count). The van der Waals surface area contributed by atoms with Crippen molar-refractivity contribution in [2.75, 3.05) is 40.9 Å². The molecular weight excluding hydrogens is 936 g/mol. The van der Waals surface area contributed by atoms with Crippen molar-refractivity contribution in [1.29, 1.82) is 0 Å². The van der Waals surface area contributed by atoms with Crippen LogP contribution in [0.5, 0.6) is 0 Å². The second-order valence-corrected chi connectivity index (χ2v) is 24.2. The number of rotatable bonds is 58. The van der Waals surface area contributed by atoms with Crippen LogP contribution in [0.15, 0.2) is 60.8 Å². The summed E-state index contributed by atoms with van der Waals surface area (Å²) in [7, 11) is 1.55. The van der Waals surface area contributed by atoms with Crippen LogP contribution in [0.1, 0.15) is 296 Å². The summed E-state index contributed by atoms with van der Waals surface area (Å²) in [6, 6.07) is -0.872. The van der Waals surface area contributed by atoms with Crippen LogP contribution >= 0.6 is 7.82 Å². The van der Waals surface area contributed by atoms with Crippen molar-refractivity contribution in [2.45, 2.75) is 309 Å². The van der Waals surface area contributed by atoms with Gasteiger partial charge in [0.15, 0.2) is 0 Å². The van der Waals surface area contributed by atoms with Crippen LogP contribution in [0.25, 0.3) is 0 Å². The van der Waals surface area contributed by atoms with Gasteiger partial charge in [-0.25, -0.2) is 4.57 Å². The molecule has 0 aliphatic heterocycles. The van der Waals surface area contributed by atoms with Gasteiger partial charge < -0.3 is 19.8 Å². The third kappa shape index (κ3) is 57.9. The maximum absolute atomic E-state index is 13.0. The van der Waals surface area contributed by atoms with E-state index in [1.54, 1.807) is 6.08 Å². The van der Waals surface area contributed by atoms with Crippen LogP contribution in [0.4, 0.5) is 0 Å². The third-order valence-electron chi connectivity index (χ3n) is 14.2. The Labute approximate surface area is 460 Å². The van der Waals surface area contributed by atoms with Crippen LogP contribution in [0.2, 0.25) is 0 Å². The first-order valence-corrected chi connectivity index (χ1v) is 33.2. The summed E-state index contributed by atoms with van der Waals surface area (Å²) in [5, 5.41) is 13.9. The van der Waals surface area contributed by atoms with Crippen molar-refractivity contribution < 1.29 is 32.9 Å². The van der Waals surface area contributed by atoms with Crippen molar-refractivity contribution in [3.05, 3.63) is 60.8 Å². The molecule has 0 saturated heterocycles. The number of nitrogens with one attached hydrogen (secondary N) is 1. The maximum Gasteiger partial charge on any atom is 0.472 e. The molecular formula is C65H124N2O6P+. The average Bonchev–Trinajstić information content (AvgIpc) is 3.36. The molecule has 0 fully saturated rings. The van der Waals surface area contributed by atoms with E-state index in [1.807, 2.05) is 27.2 Å². The second-order valence-electron chi connectivity index (χ2n) is 22.8. The second kappa shape index (κ2) is 55.9. The van der Waals surface area contributed by atoms with E-state index in [0.717, 1.165) is 51.4 Å². The summed E-state index contributed by atoms with van der Waals surface area (Å²) in [6.07, 6.45) is 76.3. The molecule has 0 aromatic rings. The first kappa shape index (κ1) is 72.2. The van der Waals surface area contributed by atoms with E-state index in [1.165, 1.54) is 225 Å². The van der Waals surface area contributed by atoms with Crippen molar-refractivity contribution in [1.82, 2.24) is 5.32 Å². The highest BCUT2D eigenvalue weighted by molar-refractivity contribution is 7.47. The fourth-order valence-electron chi connectivity index (χ4n) is 9.22. The highest BCUT2D eigenvalue weighted by Crippen LogP contribution is 2.43. The number of hydrogen-bond donors (Lipinski definition) is 3. The predicted octanol–water partition coefficient (Wildman–Crippen LogP) is 19.7. The third-order valence-corrected chi connectivity index (χ3v) is 15.2. The molecule has 9 heteroatoms. The molecule has 0 heterocycles. The smallest absolute Gasteiger partial charge is 0.387 e. The summed E-state index contributed by atoms with van der Waals surface area (Å²) >= 11 is 0. The number of amides is 1. The lowest BCUT2D eigenvalue weighted by Crippen LogP contribution is -2.45. The summed E-state index contributed by atoms with van der Waals surface area (Å²) in [4.78, 5) is 23.4. The molecule has 0 bridgehead atoms. The maximum atomic E-state index is 13.0. The van der Waals surface area contributed by atoms with Gasteiger partial charge in [0.1, 0.15) is 13.2 Å². The van der Waals surface area contributed by atoms with Gasteiger partial charge in [-0.05, 0) is 77.0 Å². The van der Waals surface area contributed by atoms with Crippen molar-refractivity contribution in [3.63, 3.8) is 0 Å². The first-order chi connectivity index (χ1) is 36.0. The van der Waals surface area contributed by atoms with Crippen LogP contribution < -0.4 is 5.32 Å². The molecule has 434 valence electrons. The van der Waals surface area contributed by atoms with Crippen LogP contribution in [-0.2, 0) is 18.4 Å². The standard InChI is InChI=1S/C65H123N2O6P/c1-6-8-10-12-14-16-18-20-22-24-26-28-30-32-33-35-37-39-41-43-45-47-49-51-53-55-57-59-65(69)66-63(62-73-74(70,71)72-61-60-67(3,4)5)64(68)58-56-54-52-50-48-46-44-42-40-38-36-34-31-29-27-25-23-21-19-17-15-13-11-9-7-2/h18,20,24,26,40,42,48,50,56,58,63-64,68H,6-17,19,21-23,25,27-39,41,43-47,49,51-55,57,59-62H2,1-5H3,(H-,66,69,70,71)/p+1/b20-18-,26-24-,42-40+,50-48+,58-56+. The number of aliphatic hydroxyl groups is 1. The molecule has 0 spiro atoms. The van der Waals surface area contributed by atoms with Gasteiger partial charge in [0.05, 0.1) is 39.9 Å². The molecule has 0 radical (unpaired) electrons. The van der Waals surface area contributed by atoms with E-state index in [4.69, 9.17) is 9.05 Å². The fourth-order valence-corrected chi connectivity index (χ4v) is 9.96. The molecule has 1 amide bonds.